The number of amides is 1. The number of pyridine rings is 5. The van der Waals surface area contributed by atoms with E-state index in [4.69, 9.17) is 64.3 Å². The van der Waals surface area contributed by atoms with Crippen LogP contribution in [0.15, 0.2) is 122 Å². The first-order valence-corrected chi connectivity index (χ1v) is 34.6. The Balaban J connectivity index is 0.000000145. The van der Waals surface area contributed by atoms with Crippen molar-refractivity contribution < 1.29 is 53.4 Å². The predicted molar refractivity (Wildman–Crippen MR) is 372 cm³/mol. The Hall–Kier alpha value is -6.63. The summed E-state index contributed by atoms with van der Waals surface area (Å²) in [7, 11) is 2.64. The van der Waals surface area contributed by atoms with Crippen LogP contribution in [0.3, 0.4) is 0 Å². The van der Waals surface area contributed by atoms with E-state index in [1.165, 1.54) is 102 Å². The Kier molecular flexibility index (Phi) is 30.1. The molecule has 96 heavy (non-hydrogen) atoms. The maximum atomic E-state index is 11.5. The molecule has 0 atom stereocenters. The van der Waals surface area contributed by atoms with E-state index in [1.807, 2.05) is 48.7 Å². The van der Waals surface area contributed by atoms with Gasteiger partial charge >= 0.3 is 11.9 Å². The predicted octanol–water partition coefficient (Wildman–Crippen LogP) is 11.6. The first-order chi connectivity index (χ1) is 46.7. The number of benzene rings is 2. The topological polar surface area (TPSA) is 253 Å². The second-order valence-electron chi connectivity index (χ2n) is 24.7. The number of nitrogens with one attached hydrogen (secondary N) is 2. The standard InChI is InChI=1S/C15H21ClN2O.C15H22N2O2.C12H9NO.C8H8ClNO2.C8H9NO3.C8H15NO.C7H8ClNO/c16-10-13-2-3-14(17-11-13)12-18-7-5-15(6-8-18)4-1-9-19-15;18-12-13-2-3-14(16-10-13)11-17-7-5-15(6-8-17)4-1-9-19-15;1-7-5-6-10-11-8(7)3-2-4-9(11)12(14)13-10;1-12-8(11)6-2-3-7(4-9)10-5-6;1-12-8(11)6-2-3-7(5-10)9-4-6;1-2-8(10-7-1)3-5-9-6-4-8;8-3-7-2-1-6(5-10)4-9-7/h2-3,11H,1,4-10,12H2;2-3,10,18H,1,4-9,11-12H2;2-6H,1H3,(H,13,14);2-3,5H,4H2,1H3;2-4,10H,5H2,1H3;9H,1-7H2;1-2,4,10H,3,5H2. The summed E-state index contributed by atoms with van der Waals surface area (Å²) in [6.07, 6.45) is 22.7. The number of aromatic nitrogens is 5. The Morgan fingerprint density at radius 3 is 1.33 bits per heavy atom. The number of carbonyl (C=O) groups excluding carboxylic acids is 3. The highest BCUT2D eigenvalue weighted by atomic mass is 35.5. The van der Waals surface area contributed by atoms with Crippen molar-refractivity contribution in [1.82, 2.24) is 40.0 Å². The number of halogens is 3. The van der Waals surface area contributed by atoms with Gasteiger partial charge in [0.2, 0.25) is 0 Å². The second-order valence-corrected chi connectivity index (χ2v) is 25.5. The molecule has 1 amide bonds. The monoisotopic (exact) mass is 1380 g/mol. The van der Waals surface area contributed by atoms with Crippen LogP contribution in [0.25, 0.3) is 10.8 Å². The number of esters is 2. The van der Waals surface area contributed by atoms with E-state index >= 15 is 0 Å². The SMILES string of the molecule is C1COC2(C1)CCNCC2.COC(=O)c1ccc(CCl)nc1.COC(=O)c1ccc(CO)nc1.Cc1ccc2c3c(cccc13)C(=O)N2.ClCc1ccc(CN2CCC3(CCCO3)CC2)nc1.OCc1ccc(CCl)nc1.OCc1ccc(CN2CCC3(CCCO3)CC2)nc1. The molecule has 0 unspecified atom stereocenters. The van der Waals surface area contributed by atoms with Gasteiger partial charge in [0, 0.05) is 113 Å². The van der Waals surface area contributed by atoms with Crippen molar-refractivity contribution in [3.05, 3.63) is 189 Å². The van der Waals surface area contributed by atoms with Crippen molar-refractivity contribution >= 4 is 69.1 Å². The van der Waals surface area contributed by atoms with Crippen LogP contribution in [-0.2, 0) is 74.2 Å². The zero-order valence-corrected chi connectivity index (χ0v) is 57.7. The van der Waals surface area contributed by atoms with Gasteiger partial charge in [0.15, 0.2) is 0 Å². The number of methoxy groups -OCH3 is 2. The van der Waals surface area contributed by atoms with Crippen molar-refractivity contribution in [2.45, 2.75) is 151 Å². The molecule has 23 heteroatoms. The maximum Gasteiger partial charge on any atom is 0.339 e. The van der Waals surface area contributed by atoms with Gasteiger partial charge in [0.1, 0.15) is 0 Å². The highest BCUT2D eigenvalue weighted by Gasteiger charge is 2.40. The van der Waals surface area contributed by atoms with Gasteiger partial charge in [-0.2, -0.15) is 0 Å². The molecule has 5 N–H and O–H groups in total. The number of rotatable bonds is 12. The quantitative estimate of drug-likeness (QED) is 0.0563. The smallest absolute Gasteiger partial charge is 0.339 e. The van der Waals surface area contributed by atoms with Gasteiger partial charge in [0.05, 0.1) is 102 Å². The largest absolute Gasteiger partial charge is 0.465 e. The summed E-state index contributed by atoms with van der Waals surface area (Å²) in [4.78, 5) is 58.9. The third-order valence-electron chi connectivity index (χ3n) is 18.2. The molecule has 0 saturated carbocycles. The molecule has 0 bridgehead atoms. The number of aliphatic hydroxyl groups is 3. The number of piperidine rings is 3. The number of likely N-dealkylation sites (tertiary alicyclic amines) is 2. The highest BCUT2D eigenvalue weighted by molar-refractivity contribution is 6.24. The molecule has 2 aromatic carbocycles. The molecule has 7 aliphatic heterocycles. The van der Waals surface area contributed by atoms with Gasteiger partial charge < -0.3 is 49.6 Å². The molecule has 6 fully saturated rings. The number of anilines is 1. The molecular weight excluding hydrogens is 1290 g/mol. The maximum absolute atomic E-state index is 11.5. The van der Waals surface area contributed by atoms with Crippen molar-refractivity contribution in [2.24, 2.45) is 0 Å². The average molecular weight is 1380 g/mol. The van der Waals surface area contributed by atoms with Crippen LogP contribution in [-0.4, -0.2) is 158 Å². The molecule has 7 aromatic rings. The molecule has 7 aliphatic rings. The summed E-state index contributed by atoms with van der Waals surface area (Å²) in [5.74, 6) is 0.510. The fourth-order valence-electron chi connectivity index (χ4n) is 12.5. The molecule has 6 saturated heterocycles. The van der Waals surface area contributed by atoms with Crippen molar-refractivity contribution in [3.8, 4) is 0 Å². The van der Waals surface area contributed by atoms with Crippen LogP contribution >= 0.6 is 34.8 Å². The molecule has 3 spiro atoms. The minimum absolute atomic E-state index is 0.0104. The highest BCUT2D eigenvalue weighted by Crippen LogP contribution is 2.38. The normalized spacial score (nSPS) is 17.7. The van der Waals surface area contributed by atoms with Crippen LogP contribution in [0.5, 0.6) is 0 Å². The molecule has 0 aliphatic carbocycles. The van der Waals surface area contributed by atoms with Crippen LogP contribution in [0, 0.1) is 6.92 Å². The van der Waals surface area contributed by atoms with Crippen molar-refractivity contribution in [2.75, 3.05) is 78.6 Å². The summed E-state index contributed by atoms with van der Waals surface area (Å²) < 4.78 is 26.6. The Bertz CT molecular complexity index is 3310. The zero-order chi connectivity index (χ0) is 68.2. The van der Waals surface area contributed by atoms with E-state index in [0.29, 0.717) is 40.1 Å². The van der Waals surface area contributed by atoms with Crippen LogP contribution in [0.1, 0.15) is 159 Å². The molecular formula is C73H92Cl3N9O11. The second kappa shape index (κ2) is 38.5. The molecule has 5 aromatic heterocycles. The molecule has 14 rings (SSSR count). The lowest BCUT2D eigenvalue weighted by atomic mass is 9.88. The summed E-state index contributed by atoms with van der Waals surface area (Å²) >= 11 is 16.8. The Labute approximate surface area is 578 Å². The number of carbonyl (C=O) groups is 3. The van der Waals surface area contributed by atoms with E-state index < -0.39 is 5.97 Å². The third kappa shape index (κ3) is 22.2. The van der Waals surface area contributed by atoms with Crippen LogP contribution < -0.4 is 10.6 Å². The molecule has 516 valence electrons. The van der Waals surface area contributed by atoms with Crippen LogP contribution in [0.2, 0.25) is 0 Å². The van der Waals surface area contributed by atoms with Gasteiger partial charge in [-0.25, -0.2) is 9.59 Å². The third-order valence-corrected chi connectivity index (χ3v) is 19.1. The first-order valence-electron chi connectivity index (χ1n) is 33.0. The fourth-order valence-corrected chi connectivity index (χ4v) is 12.9. The molecule has 20 nitrogen and oxygen atoms in total. The zero-order valence-electron chi connectivity index (χ0n) is 55.4. The lowest BCUT2D eigenvalue weighted by molar-refractivity contribution is -0.0451. The number of aryl methyl sites for hydroxylation is 1. The van der Waals surface area contributed by atoms with Gasteiger partial charge in [-0.15, -0.1) is 34.8 Å². The van der Waals surface area contributed by atoms with E-state index in [0.717, 1.165) is 141 Å². The molecule has 0 radical (unpaired) electrons. The van der Waals surface area contributed by atoms with Crippen LogP contribution in [0.4, 0.5) is 5.69 Å². The molecule has 12 heterocycles. The minimum atomic E-state index is -0.424. The Morgan fingerprint density at radius 1 is 0.510 bits per heavy atom. The van der Waals surface area contributed by atoms with Gasteiger partial charge in [-0.3, -0.25) is 39.5 Å². The average Bonchev–Trinajstić information content (AvgIpc) is 1.61. The number of hydrogen-bond donors (Lipinski definition) is 5. The van der Waals surface area contributed by atoms with E-state index in [2.05, 4.69) is 79.9 Å². The fraction of sp³-hybridized carbons (Fsp3) is 0.479. The summed E-state index contributed by atoms with van der Waals surface area (Å²) in [5.41, 5.74) is 11.6. The first kappa shape index (κ1) is 75.1. The number of alkyl halides is 3. The Morgan fingerprint density at radius 2 is 0.948 bits per heavy atom. The number of nitrogens with zero attached hydrogens (tertiary/aromatic N) is 7. The lowest BCUT2D eigenvalue weighted by Crippen LogP contribution is -2.43. The van der Waals surface area contributed by atoms with Crippen molar-refractivity contribution in [3.63, 3.8) is 0 Å². The van der Waals surface area contributed by atoms with E-state index in [1.54, 1.807) is 42.7 Å². The number of aliphatic hydroxyl groups excluding tert-OH is 3. The van der Waals surface area contributed by atoms with Crippen molar-refractivity contribution in [1.29, 1.82) is 0 Å². The van der Waals surface area contributed by atoms with Gasteiger partial charge in [-0.05, 0) is 179 Å². The summed E-state index contributed by atoms with van der Waals surface area (Å²) in [6, 6.07) is 28.1. The minimum Gasteiger partial charge on any atom is -0.465 e. The van der Waals surface area contributed by atoms with Gasteiger partial charge in [-0.1, -0.05) is 36.4 Å². The van der Waals surface area contributed by atoms with E-state index in [-0.39, 0.29) is 42.9 Å². The number of hydrogen-bond acceptors (Lipinski definition) is 19. The number of ether oxygens (including phenoxy) is 5. The van der Waals surface area contributed by atoms with Gasteiger partial charge in [0.25, 0.3) is 5.91 Å². The summed E-state index contributed by atoms with van der Waals surface area (Å²) in [5, 5.41) is 34.7. The summed E-state index contributed by atoms with van der Waals surface area (Å²) in [6.45, 7) is 13.6. The van der Waals surface area contributed by atoms with E-state index in [9.17, 15) is 14.4 Å². The lowest BCUT2D eigenvalue weighted by Gasteiger charge is -2.38.